The Labute approximate surface area is 133 Å². The number of thiocarbonyl (C=S) groups is 1. The second kappa shape index (κ2) is 6.87. The molecule has 21 heavy (non-hydrogen) atoms. The van der Waals surface area contributed by atoms with E-state index in [1.807, 2.05) is 13.0 Å². The zero-order valence-corrected chi connectivity index (χ0v) is 13.1. The van der Waals surface area contributed by atoms with E-state index in [2.05, 4.69) is 0 Å². The summed E-state index contributed by atoms with van der Waals surface area (Å²) in [6.07, 6.45) is 0.807. The van der Waals surface area contributed by atoms with Crippen LogP contribution >= 0.6 is 23.8 Å². The van der Waals surface area contributed by atoms with Gasteiger partial charge in [0.15, 0.2) is 0 Å². The fourth-order valence-electron chi connectivity index (χ4n) is 1.95. The highest BCUT2D eigenvalue weighted by atomic mass is 35.5. The SMILES string of the molecule is CCc1cc(OCc2cccc(C(N)=S)c2F)ccc1Cl. The lowest BCUT2D eigenvalue weighted by atomic mass is 10.1. The summed E-state index contributed by atoms with van der Waals surface area (Å²) in [6, 6.07) is 10.3. The zero-order valence-electron chi connectivity index (χ0n) is 11.5. The van der Waals surface area contributed by atoms with Gasteiger partial charge >= 0.3 is 0 Å². The van der Waals surface area contributed by atoms with E-state index in [4.69, 9.17) is 34.3 Å². The first-order chi connectivity index (χ1) is 10.0. The van der Waals surface area contributed by atoms with Crippen LogP contribution in [-0.2, 0) is 13.0 Å². The number of rotatable bonds is 5. The first-order valence-corrected chi connectivity index (χ1v) is 7.30. The first kappa shape index (κ1) is 15.7. The molecule has 2 nitrogen and oxygen atoms in total. The molecule has 2 N–H and O–H groups in total. The summed E-state index contributed by atoms with van der Waals surface area (Å²) in [6.45, 7) is 2.11. The van der Waals surface area contributed by atoms with Crippen molar-refractivity contribution in [2.24, 2.45) is 5.73 Å². The predicted molar refractivity (Wildman–Crippen MR) is 87.4 cm³/mol. The minimum Gasteiger partial charge on any atom is -0.489 e. The lowest BCUT2D eigenvalue weighted by Gasteiger charge is -2.11. The average Bonchev–Trinajstić information content (AvgIpc) is 2.47. The van der Waals surface area contributed by atoms with Gasteiger partial charge in [0.05, 0.1) is 0 Å². The Hall–Kier alpha value is -1.65. The van der Waals surface area contributed by atoms with Crippen LogP contribution in [0.2, 0.25) is 5.02 Å². The maximum absolute atomic E-state index is 14.2. The average molecular weight is 324 g/mol. The van der Waals surface area contributed by atoms with Crippen LogP contribution in [0.15, 0.2) is 36.4 Å². The third kappa shape index (κ3) is 3.71. The molecule has 0 bridgehead atoms. The van der Waals surface area contributed by atoms with Crippen molar-refractivity contribution in [2.45, 2.75) is 20.0 Å². The summed E-state index contributed by atoms with van der Waals surface area (Å²) in [5.74, 6) is 0.214. The van der Waals surface area contributed by atoms with Crippen LogP contribution in [0.25, 0.3) is 0 Å². The molecular formula is C16H15ClFNOS. The molecule has 0 aliphatic carbocycles. The van der Waals surface area contributed by atoms with Gasteiger partial charge in [-0.25, -0.2) is 4.39 Å². The van der Waals surface area contributed by atoms with Crippen LogP contribution < -0.4 is 10.5 Å². The van der Waals surface area contributed by atoms with E-state index in [1.54, 1.807) is 30.3 Å². The number of nitrogens with two attached hydrogens (primary N) is 1. The maximum atomic E-state index is 14.2. The van der Waals surface area contributed by atoms with Gasteiger partial charge in [0.1, 0.15) is 23.2 Å². The Morgan fingerprint density at radius 3 is 2.71 bits per heavy atom. The quantitative estimate of drug-likeness (QED) is 0.835. The van der Waals surface area contributed by atoms with Crippen LogP contribution in [0.5, 0.6) is 5.75 Å². The third-order valence-electron chi connectivity index (χ3n) is 3.14. The third-order valence-corrected chi connectivity index (χ3v) is 3.73. The van der Waals surface area contributed by atoms with E-state index in [0.29, 0.717) is 16.3 Å². The molecule has 0 unspecified atom stereocenters. The van der Waals surface area contributed by atoms with Gasteiger partial charge in [-0.05, 0) is 36.2 Å². The smallest absolute Gasteiger partial charge is 0.139 e. The summed E-state index contributed by atoms with van der Waals surface area (Å²) in [5, 5.41) is 0.700. The van der Waals surface area contributed by atoms with Gasteiger partial charge in [-0.1, -0.05) is 42.9 Å². The van der Waals surface area contributed by atoms with E-state index in [0.717, 1.165) is 12.0 Å². The van der Waals surface area contributed by atoms with Crippen molar-refractivity contribution < 1.29 is 9.13 Å². The molecule has 0 saturated heterocycles. The normalized spacial score (nSPS) is 10.4. The topological polar surface area (TPSA) is 35.2 Å². The molecule has 0 fully saturated rings. The fourth-order valence-corrected chi connectivity index (χ4v) is 2.36. The number of hydrogen-bond acceptors (Lipinski definition) is 2. The minimum atomic E-state index is -0.435. The molecule has 2 rings (SSSR count). The summed E-state index contributed by atoms with van der Waals surface area (Å²) in [7, 11) is 0. The van der Waals surface area contributed by atoms with Gasteiger partial charge in [0.2, 0.25) is 0 Å². The van der Waals surface area contributed by atoms with Crippen molar-refractivity contribution in [3.63, 3.8) is 0 Å². The Bertz CT molecular complexity index is 675. The lowest BCUT2D eigenvalue weighted by Crippen LogP contribution is -2.13. The Morgan fingerprint density at radius 1 is 1.29 bits per heavy atom. The predicted octanol–water partition coefficient (Wildman–Crippen LogP) is 4.25. The number of ether oxygens (including phenoxy) is 1. The molecular weight excluding hydrogens is 309 g/mol. The standard InChI is InChI=1S/C16H15ClFNOS/c1-2-10-8-12(6-7-14(10)17)20-9-11-4-3-5-13(15(11)18)16(19)21/h3-8H,2,9H2,1H3,(H2,19,21). The van der Waals surface area contributed by atoms with Crippen molar-refractivity contribution in [1.29, 1.82) is 0 Å². The largest absolute Gasteiger partial charge is 0.489 e. The molecule has 5 heteroatoms. The van der Waals surface area contributed by atoms with Gasteiger partial charge in [-0.3, -0.25) is 0 Å². The second-order valence-corrected chi connectivity index (χ2v) is 5.39. The number of hydrogen-bond donors (Lipinski definition) is 1. The van der Waals surface area contributed by atoms with Crippen molar-refractivity contribution in [3.05, 3.63) is 63.9 Å². The molecule has 0 aliphatic heterocycles. The highest BCUT2D eigenvalue weighted by Crippen LogP contribution is 2.24. The van der Waals surface area contributed by atoms with Gasteiger partial charge < -0.3 is 10.5 Å². The molecule has 2 aromatic carbocycles. The van der Waals surface area contributed by atoms with E-state index in [-0.39, 0.29) is 17.2 Å². The maximum Gasteiger partial charge on any atom is 0.139 e. The molecule has 0 atom stereocenters. The van der Waals surface area contributed by atoms with Gasteiger partial charge in [-0.2, -0.15) is 0 Å². The highest BCUT2D eigenvalue weighted by molar-refractivity contribution is 7.80. The molecule has 0 radical (unpaired) electrons. The highest BCUT2D eigenvalue weighted by Gasteiger charge is 2.10. The Kier molecular flexibility index (Phi) is 5.15. The summed E-state index contributed by atoms with van der Waals surface area (Å²) in [5.41, 5.74) is 7.12. The van der Waals surface area contributed by atoms with Crippen LogP contribution in [0.4, 0.5) is 4.39 Å². The molecule has 0 saturated carbocycles. The van der Waals surface area contributed by atoms with Crippen LogP contribution in [0.1, 0.15) is 23.6 Å². The van der Waals surface area contributed by atoms with Crippen molar-refractivity contribution in [2.75, 3.05) is 0 Å². The van der Waals surface area contributed by atoms with Gasteiger partial charge in [-0.15, -0.1) is 0 Å². The summed E-state index contributed by atoms with van der Waals surface area (Å²) < 4.78 is 19.8. The Balaban J connectivity index is 2.17. The van der Waals surface area contributed by atoms with Crippen LogP contribution in [0, 0.1) is 5.82 Å². The second-order valence-electron chi connectivity index (χ2n) is 4.54. The van der Waals surface area contributed by atoms with Crippen molar-refractivity contribution in [1.82, 2.24) is 0 Å². The molecule has 0 heterocycles. The molecule has 0 aliphatic rings. The van der Waals surface area contributed by atoms with Gasteiger partial charge in [0.25, 0.3) is 0 Å². The number of aryl methyl sites for hydroxylation is 1. The van der Waals surface area contributed by atoms with E-state index in [9.17, 15) is 4.39 Å². The fraction of sp³-hybridized carbons (Fsp3) is 0.188. The zero-order chi connectivity index (χ0) is 15.4. The van der Waals surface area contributed by atoms with Crippen molar-refractivity contribution in [3.8, 4) is 5.75 Å². The van der Waals surface area contributed by atoms with Crippen LogP contribution in [-0.4, -0.2) is 4.99 Å². The lowest BCUT2D eigenvalue weighted by molar-refractivity contribution is 0.299. The molecule has 0 aromatic heterocycles. The first-order valence-electron chi connectivity index (χ1n) is 6.51. The molecule has 110 valence electrons. The van der Waals surface area contributed by atoms with E-state index in [1.165, 1.54) is 0 Å². The van der Waals surface area contributed by atoms with Crippen molar-refractivity contribution >= 4 is 28.8 Å². The number of halogens is 2. The van der Waals surface area contributed by atoms with Crippen LogP contribution in [0.3, 0.4) is 0 Å². The summed E-state index contributed by atoms with van der Waals surface area (Å²) >= 11 is 10.9. The molecule has 2 aromatic rings. The van der Waals surface area contributed by atoms with Gasteiger partial charge in [0, 0.05) is 16.1 Å². The number of benzene rings is 2. The molecule has 0 spiro atoms. The monoisotopic (exact) mass is 323 g/mol. The van der Waals surface area contributed by atoms with E-state index < -0.39 is 5.82 Å². The van der Waals surface area contributed by atoms with E-state index >= 15 is 0 Å². The molecule has 0 amide bonds. The minimum absolute atomic E-state index is 0.0362. The Morgan fingerprint density at radius 2 is 2.05 bits per heavy atom. The summed E-state index contributed by atoms with van der Waals surface area (Å²) in [4.78, 5) is 0.0362.